The SMILES string of the molecule is CCOc1cc(N)c(C=N)cc1Nc1ncnc2sc3c(c12)CCC(NCC(=O)N(C)CCOC)C3. The summed E-state index contributed by atoms with van der Waals surface area (Å²) in [6.07, 6.45) is 5.42. The number of hydrogen-bond acceptors (Lipinski definition) is 10. The number of methoxy groups -OCH3 is 1. The van der Waals surface area contributed by atoms with Crippen LogP contribution in [0.3, 0.4) is 0 Å². The van der Waals surface area contributed by atoms with Crippen LogP contribution >= 0.6 is 11.3 Å². The number of nitrogens with one attached hydrogen (secondary N) is 3. The van der Waals surface area contributed by atoms with Crippen molar-refractivity contribution in [1.82, 2.24) is 20.2 Å². The fourth-order valence-corrected chi connectivity index (χ4v) is 5.60. The number of aryl methyl sites for hydroxylation is 1. The Morgan fingerprint density at radius 3 is 2.97 bits per heavy atom. The Morgan fingerprint density at radius 2 is 2.22 bits per heavy atom. The molecule has 1 aliphatic rings. The number of amides is 1. The lowest BCUT2D eigenvalue weighted by atomic mass is 9.93. The van der Waals surface area contributed by atoms with Crippen molar-refractivity contribution in [2.45, 2.75) is 32.2 Å². The molecule has 0 saturated heterocycles. The minimum Gasteiger partial charge on any atom is -0.492 e. The van der Waals surface area contributed by atoms with Crippen molar-refractivity contribution in [3.05, 3.63) is 34.5 Å². The van der Waals surface area contributed by atoms with Crippen molar-refractivity contribution in [2.24, 2.45) is 0 Å². The number of ether oxygens (including phenoxy) is 2. The largest absolute Gasteiger partial charge is 0.492 e. The lowest BCUT2D eigenvalue weighted by molar-refractivity contribution is -0.129. The van der Waals surface area contributed by atoms with Crippen molar-refractivity contribution in [3.8, 4) is 5.75 Å². The van der Waals surface area contributed by atoms with Gasteiger partial charge in [0, 0.05) is 55.2 Å². The number of benzene rings is 1. The lowest BCUT2D eigenvalue weighted by Gasteiger charge is -2.25. The van der Waals surface area contributed by atoms with E-state index in [4.69, 9.17) is 20.6 Å². The number of anilines is 3. The highest BCUT2D eigenvalue weighted by atomic mass is 32.1. The van der Waals surface area contributed by atoms with Crippen LogP contribution in [0, 0.1) is 5.41 Å². The number of thiophene rings is 1. The number of carbonyl (C=O) groups excluding carboxylic acids is 1. The molecule has 0 saturated carbocycles. The highest BCUT2D eigenvalue weighted by Gasteiger charge is 2.26. The standard InChI is InChI=1S/C25H33N7O3S/c1-4-35-20-11-18(27)15(12-26)9-19(20)31-24-23-17-6-5-16(10-21(17)36-25(23)30-14-29-24)28-13-22(33)32(2)7-8-34-3/h9,11-12,14,16,26,28H,4-8,10,13,27H2,1-3H3,(H,29,30,31). The molecule has 10 nitrogen and oxygen atoms in total. The number of likely N-dealkylation sites (N-methyl/N-ethyl adjacent to an activating group) is 1. The first-order valence-corrected chi connectivity index (χ1v) is 12.8. The predicted molar refractivity (Wildman–Crippen MR) is 144 cm³/mol. The molecule has 36 heavy (non-hydrogen) atoms. The Hall–Kier alpha value is -3.28. The fourth-order valence-electron chi connectivity index (χ4n) is 4.34. The third kappa shape index (κ3) is 5.58. The zero-order valence-electron chi connectivity index (χ0n) is 20.9. The Labute approximate surface area is 214 Å². The molecule has 0 bridgehead atoms. The maximum Gasteiger partial charge on any atom is 0.236 e. The third-order valence-corrected chi connectivity index (χ3v) is 7.50. The summed E-state index contributed by atoms with van der Waals surface area (Å²) in [5.74, 6) is 1.38. The zero-order valence-corrected chi connectivity index (χ0v) is 21.7. The van der Waals surface area contributed by atoms with E-state index in [-0.39, 0.29) is 11.9 Å². The second-order valence-corrected chi connectivity index (χ2v) is 9.80. The quantitative estimate of drug-likeness (QED) is 0.228. The summed E-state index contributed by atoms with van der Waals surface area (Å²) in [6.45, 7) is 3.82. The van der Waals surface area contributed by atoms with Gasteiger partial charge in [0.15, 0.2) is 0 Å². The van der Waals surface area contributed by atoms with Crippen molar-refractivity contribution in [1.29, 1.82) is 5.41 Å². The first-order valence-electron chi connectivity index (χ1n) is 12.0. The predicted octanol–water partition coefficient (Wildman–Crippen LogP) is 2.97. The number of nitrogens with zero attached hydrogens (tertiary/aromatic N) is 3. The van der Waals surface area contributed by atoms with Crippen LogP contribution in [0.2, 0.25) is 0 Å². The van der Waals surface area contributed by atoms with Gasteiger partial charge >= 0.3 is 0 Å². The van der Waals surface area contributed by atoms with E-state index in [2.05, 4.69) is 20.6 Å². The molecule has 4 rings (SSSR count). The maximum atomic E-state index is 12.4. The van der Waals surface area contributed by atoms with Gasteiger partial charge in [-0.15, -0.1) is 11.3 Å². The molecule has 2 aromatic heterocycles. The van der Waals surface area contributed by atoms with Gasteiger partial charge in [0.05, 0.1) is 30.8 Å². The number of nitrogen functional groups attached to an aromatic ring is 1. The average Bonchev–Trinajstić information content (AvgIpc) is 3.26. The summed E-state index contributed by atoms with van der Waals surface area (Å²) in [6, 6.07) is 3.77. The topological polar surface area (TPSA) is 138 Å². The zero-order chi connectivity index (χ0) is 25.7. The molecule has 2 heterocycles. The van der Waals surface area contributed by atoms with E-state index >= 15 is 0 Å². The van der Waals surface area contributed by atoms with Crippen LogP contribution in [0.1, 0.15) is 29.3 Å². The summed E-state index contributed by atoms with van der Waals surface area (Å²) in [5.41, 5.74) is 9.11. The van der Waals surface area contributed by atoms with Gasteiger partial charge in [0.25, 0.3) is 0 Å². The van der Waals surface area contributed by atoms with Crippen molar-refractivity contribution >= 4 is 50.9 Å². The van der Waals surface area contributed by atoms with Crippen molar-refractivity contribution in [3.63, 3.8) is 0 Å². The van der Waals surface area contributed by atoms with E-state index in [1.807, 2.05) is 6.92 Å². The van der Waals surface area contributed by atoms with Gasteiger partial charge in [-0.25, -0.2) is 9.97 Å². The molecule has 1 amide bonds. The summed E-state index contributed by atoms with van der Waals surface area (Å²) in [4.78, 5) is 25.3. The number of hydrogen-bond donors (Lipinski definition) is 4. The number of nitrogens with two attached hydrogens (primary N) is 1. The minimum absolute atomic E-state index is 0.0597. The number of rotatable bonds is 11. The summed E-state index contributed by atoms with van der Waals surface area (Å²) in [5, 5.41) is 15.5. The Balaban J connectivity index is 1.54. The van der Waals surface area contributed by atoms with Gasteiger partial charge in [-0.3, -0.25) is 4.79 Å². The number of aromatic nitrogens is 2. The highest BCUT2D eigenvalue weighted by Crippen LogP contribution is 2.40. The second kappa shape index (κ2) is 11.6. The highest BCUT2D eigenvalue weighted by molar-refractivity contribution is 7.19. The molecule has 192 valence electrons. The van der Waals surface area contributed by atoms with E-state index in [1.54, 1.807) is 48.9 Å². The van der Waals surface area contributed by atoms with Crippen molar-refractivity contribution < 1.29 is 14.3 Å². The normalized spacial score (nSPS) is 14.9. The van der Waals surface area contributed by atoms with E-state index in [0.29, 0.717) is 54.8 Å². The molecule has 5 N–H and O–H groups in total. The Morgan fingerprint density at radius 1 is 1.39 bits per heavy atom. The summed E-state index contributed by atoms with van der Waals surface area (Å²) in [7, 11) is 3.43. The summed E-state index contributed by atoms with van der Waals surface area (Å²) < 4.78 is 10.8. The van der Waals surface area contributed by atoms with Crippen molar-refractivity contribution in [2.75, 3.05) is 51.5 Å². The van der Waals surface area contributed by atoms with E-state index < -0.39 is 0 Å². The van der Waals surface area contributed by atoms with Gasteiger partial charge in [0.2, 0.25) is 5.91 Å². The monoisotopic (exact) mass is 511 g/mol. The van der Waals surface area contributed by atoms with Gasteiger partial charge in [-0.05, 0) is 37.8 Å². The van der Waals surface area contributed by atoms with Crippen LogP contribution in [0.5, 0.6) is 5.75 Å². The molecule has 11 heteroatoms. The van der Waals surface area contributed by atoms with Crippen LogP contribution in [0.25, 0.3) is 10.2 Å². The molecule has 1 aliphatic carbocycles. The molecule has 0 spiro atoms. The molecule has 1 unspecified atom stereocenters. The van der Waals surface area contributed by atoms with Gasteiger partial charge < -0.3 is 36.2 Å². The Bertz CT molecular complexity index is 1250. The molecule has 0 fully saturated rings. The molecule has 0 radical (unpaired) electrons. The molecular formula is C25H33N7O3S. The van der Waals surface area contributed by atoms with E-state index in [0.717, 1.165) is 29.5 Å². The van der Waals surface area contributed by atoms with Crippen LogP contribution < -0.4 is 21.1 Å². The van der Waals surface area contributed by atoms with Crippen LogP contribution in [-0.4, -0.2) is 73.5 Å². The Kier molecular flexibility index (Phi) is 8.34. The van der Waals surface area contributed by atoms with E-state index in [1.165, 1.54) is 16.7 Å². The second-order valence-electron chi connectivity index (χ2n) is 8.71. The molecule has 3 aromatic rings. The lowest BCUT2D eigenvalue weighted by Crippen LogP contribution is -2.42. The first kappa shape index (κ1) is 25.8. The summed E-state index contributed by atoms with van der Waals surface area (Å²) >= 11 is 1.67. The van der Waals surface area contributed by atoms with Gasteiger partial charge in [-0.1, -0.05) is 0 Å². The van der Waals surface area contributed by atoms with Gasteiger partial charge in [-0.2, -0.15) is 0 Å². The third-order valence-electron chi connectivity index (χ3n) is 6.34. The van der Waals surface area contributed by atoms with Crippen LogP contribution in [0.4, 0.5) is 17.2 Å². The fraction of sp³-hybridized carbons (Fsp3) is 0.440. The number of fused-ring (bicyclic) bond motifs is 3. The number of carbonyl (C=O) groups is 1. The van der Waals surface area contributed by atoms with Crippen LogP contribution in [0.15, 0.2) is 18.5 Å². The molecule has 1 atom stereocenters. The molecule has 1 aromatic carbocycles. The van der Waals surface area contributed by atoms with E-state index in [9.17, 15) is 4.79 Å². The van der Waals surface area contributed by atoms with Gasteiger partial charge in [0.1, 0.15) is 22.7 Å². The van der Waals surface area contributed by atoms with Crippen LogP contribution in [-0.2, 0) is 22.4 Å². The molecular weight excluding hydrogens is 478 g/mol. The smallest absolute Gasteiger partial charge is 0.236 e. The average molecular weight is 512 g/mol. The first-order chi connectivity index (χ1) is 17.4. The maximum absolute atomic E-state index is 12.4. The minimum atomic E-state index is 0.0597. The molecule has 0 aliphatic heterocycles.